The van der Waals surface area contributed by atoms with Gasteiger partial charge < -0.3 is 10.2 Å². The van der Waals surface area contributed by atoms with E-state index < -0.39 is 0 Å². The fourth-order valence-corrected chi connectivity index (χ4v) is 4.34. The molecular formula is C26H31ClN4O. The van der Waals surface area contributed by atoms with Gasteiger partial charge in [0.05, 0.1) is 5.52 Å². The van der Waals surface area contributed by atoms with Crippen molar-refractivity contribution in [1.82, 2.24) is 9.88 Å². The van der Waals surface area contributed by atoms with Crippen LogP contribution < -0.4 is 10.2 Å². The first-order valence-electron chi connectivity index (χ1n) is 11.3. The average Bonchev–Trinajstić information content (AvgIpc) is 2.79. The van der Waals surface area contributed by atoms with Crippen LogP contribution in [0.1, 0.15) is 31.4 Å². The molecule has 2 aromatic carbocycles. The third kappa shape index (κ3) is 5.40. The summed E-state index contributed by atoms with van der Waals surface area (Å²) >= 11 is 5.92. The molecule has 32 heavy (non-hydrogen) atoms. The van der Waals surface area contributed by atoms with Gasteiger partial charge in [-0.2, -0.15) is 0 Å². The molecule has 0 atom stereocenters. The van der Waals surface area contributed by atoms with Gasteiger partial charge in [0, 0.05) is 54.7 Å². The van der Waals surface area contributed by atoms with E-state index in [0.717, 1.165) is 54.2 Å². The standard InChI is InChI=1S/C26H31ClN4O/c1-18(2)30-12-14-31(15-13-30)25-16-19(3)23-17-22(9-10-24(23)29-25)28-26(32)11-6-20-4-7-21(27)8-5-20/h4-5,7-10,16-18H,6,11-15H2,1-3H3,(H,28,32). The summed E-state index contributed by atoms with van der Waals surface area (Å²) in [6.07, 6.45) is 1.11. The van der Waals surface area contributed by atoms with Gasteiger partial charge in [0.15, 0.2) is 0 Å². The highest BCUT2D eigenvalue weighted by molar-refractivity contribution is 6.30. The topological polar surface area (TPSA) is 48.5 Å². The SMILES string of the molecule is Cc1cc(N2CCN(C(C)C)CC2)nc2ccc(NC(=O)CCc3ccc(Cl)cc3)cc12. The van der Waals surface area contributed by atoms with Crippen LogP contribution in [0.15, 0.2) is 48.5 Å². The molecule has 0 bridgehead atoms. The maximum atomic E-state index is 12.4. The zero-order valence-electron chi connectivity index (χ0n) is 19.1. The van der Waals surface area contributed by atoms with Gasteiger partial charge in [0.25, 0.3) is 0 Å². The highest BCUT2D eigenvalue weighted by Gasteiger charge is 2.20. The summed E-state index contributed by atoms with van der Waals surface area (Å²) in [6, 6.07) is 16.3. The number of anilines is 2. The molecule has 6 heteroatoms. The summed E-state index contributed by atoms with van der Waals surface area (Å²) in [5.41, 5.74) is 4.05. The van der Waals surface area contributed by atoms with E-state index in [2.05, 4.69) is 42.0 Å². The molecule has 1 saturated heterocycles. The van der Waals surface area contributed by atoms with E-state index in [4.69, 9.17) is 16.6 Å². The van der Waals surface area contributed by atoms with Gasteiger partial charge in [-0.15, -0.1) is 0 Å². The van der Waals surface area contributed by atoms with Crippen LogP contribution in [0.4, 0.5) is 11.5 Å². The number of aryl methyl sites for hydroxylation is 2. The van der Waals surface area contributed by atoms with E-state index >= 15 is 0 Å². The maximum absolute atomic E-state index is 12.4. The lowest BCUT2D eigenvalue weighted by atomic mass is 10.1. The quantitative estimate of drug-likeness (QED) is 0.553. The molecule has 1 amide bonds. The number of pyridine rings is 1. The number of carbonyl (C=O) groups is 1. The van der Waals surface area contributed by atoms with Gasteiger partial charge in [-0.25, -0.2) is 4.98 Å². The number of rotatable bonds is 6. The molecule has 3 aromatic rings. The van der Waals surface area contributed by atoms with Crippen molar-refractivity contribution in [3.05, 3.63) is 64.7 Å². The molecule has 1 aliphatic rings. The molecule has 1 aromatic heterocycles. The number of hydrogen-bond acceptors (Lipinski definition) is 4. The highest BCUT2D eigenvalue weighted by Crippen LogP contribution is 2.26. The van der Waals surface area contributed by atoms with Gasteiger partial charge in [-0.05, 0) is 74.7 Å². The number of nitrogens with one attached hydrogen (secondary N) is 1. The molecule has 0 unspecified atom stereocenters. The summed E-state index contributed by atoms with van der Waals surface area (Å²) in [4.78, 5) is 22.2. The minimum Gasteiger partial charge on any atom is -0.354 e. The maximum Gasteiger partial charge on any atom is 0.224 e. The predicted molar refractivity (Wildman–Crippen MR) is 134 cm³/mol. The highest BCUT2D eigenvalue weighted by atomic mass is 35.5. The molecule has 1 fully saturated rings. The second-order valence-corrected chi connectivity index (χ2v) is 9.26. The number of nitrogens with zero attached hydrogens (tertiary/aromatic N) is 3. The minimum atomic E-state index is 0.00422. The largest absolute Gasteiger partial charge is 0.354 e. The lowest BCUT2D eigenvalue weighted by Gasteiger charge is -2.37. The zero-order chi connectivity index (χ0) is 22.7. The summed E-state index contributed by atoms with van der Waals surface area (Å²) in [5.74, 6) is 1.04. The minimum absolute atomic E-state index is 0.00422. The molecule has 2 heterocycles. The molecule has 0 spiro atoms. The van der Waals surface area contributed by atoms with Crippen LogP contribution in [0.2, 0.25) is 5.02 Å². The Labute approximate surface area is 195 Å². The van der Waals surface area contributed by atoms with E-state index in [1.54, 1.807) is 0 Å². The fraction of sp³-hybridized carbons (Fsp3) is 0.385. The summed E-state index contributed by atoms with van der Waals surface area (Å²) in [5, 5.41) is 4.81. The number of halogens is 1. The third-order valence-corrected chi connectivity index (χ3v) is 6.46. The number of piperazine rings is 1. The second-order valence-electron chi connectivity index (χ2n) is 8.82. The van der Waals surface area contributed by atoms with Crippen molar-refractivity contribution in [3.8, 4) is 0 Å². The number of carbonyl (C=O) groups excluding carboxylic acids is 1. The van der Waals surface area contributed by atoms with Crippen LogP contribution in [0.5, 0.6) is 0 Å². The normalized spacial score (nSPS) is 14.8. The summed E-state index contributed by atoms with van der Waals surface area (Å²) in [6.45, 7) is 10.7. The van der Waals surface area contributed by atoms with Crippen LogP contribution in [-0.4, -0.2) is 48.0 Å². The first kappa shape index (κ1) is 22.6. The Kier molecular flexibility index (Phi) is 6.97. The Morgan fingerprint density at radius 3 is 2.47 bits per heavy atom. The number of hydrogen-bond donors (Lipinski definition) is 1. The van der Waals surface area contributed by atoms with Crippen molar-refractivity contribution in [2.24, 2.45) is 0 Å². The second kappa shape index (κ2) is 9.88. The first-order chi connectivity index (χ1) is 15.4. The van der Waals surface area contributed by atoms with Crippen molar-refractivity contribution in [2.75, 3.05) is 36.4 Å². The lowest BCUT2D eigenvalue weighted by molar-refractivity contribution is -0.116. The van der Waals surface area contributed by atoms with Crippen LogP contribution >= 0.6 is 11.6 Å². The Bertz CT molecular complexity index is 1090. The van der Waals surface area contributed by atoms with Crippen molar-refractivity contribution in [3.63, 3.8) is 0 Å². The molecule has 0 radical (unpaired) electrons. The summed E-state index contributed by atoms with van der Waals surface area (Å²) in [7, 11) is 0. The molecular weight excluding hydrogens is 420 g/mol. The molecule has 0 aliphatic carbocycles. The Morgan fingerprint density at radius 2 is 1.78 bits per heavy atom. The monoisotopic (exact) mass is 450 g/mol. The Balaban J connectivity index is 1.41. The van der Waals surface area contributed by atoms with Crippen molar-refractivity contribution < 1.29 is 4.79 Å². The number of fused-ring (bicyclic) bond motifs is 1. The Morgan fingerprint density at radius 1 is 1.06 bits per heavy atom. The molecule has 5 nitrogen and oxygen atoms in total. The fourth-order valence-electron chi connectivity index (χ4n) is 4.22. The van der Waals surface area contributed by atoms with Crippen molar-refractivity contribution in [1.29, 1.82) is 0 Å². The molecule has 168 valence electrons. The van der Waals surface area contributed by atoms with E-state index in [0.29, 0.717) is 23.9 Å². The van der Waals surface area contributed by atoms with E-state index in [1.165, 1.54) is 5.56 Å². The van der Waals surface area contributed by atoms with Crippen LogP contribution in [-0.2, 0) is 11.2 Å². The molecule has 1 N–H and O–H groups in total. The first-order valence-corrected chi connectivity index (χ1v) is 11.7. The van der Waals surface area contributed by atoms with Crippen molar-refractivity contribution >= 4 is 39.9 Å². The van der Waals surface area contributed by atoms with Gasteiger partial charge >= 0.3 is 0 Å². The predicted octanol–water partition coefficient (Wildman–Crippen LogP) is 5.30. The van der Waals surface area contributed by atoms with Crippen LogP contribution in [0, 0.1) is 6.92 Å². The lowest BCUT2D eigenvalue weighted by Crippen LogP contribution is -2.49. The zero-order valence-corrected chi connectivity index (χ0v) is 19.8. The van der Waals surface area contributed by atoms with Gasteiger partial charge in [-0.1, -0.05) is 23.7 Å². The molecule has 0 saturated carbocycles. The molecule has 4 rings (SSSR count). The van der Waals surface area contributed by atoms with E-state index in [1.807, 2.05) is 42.5 Å². The number of benzene rings is 2. The number of aromatic nitrogens is 1. The van der Waals surface area contributed by atoms with Gasteiger partial charge in [0.1, 0.15) is 5.82 Å². The number of amides is 1. The summed E-state index contributed by atoms with van der Waals surface area (Å²) < 4.78 is 0. The molecule has 1 aliphatic heterocycles. The van der Waals surface area contributed by atoms with Gasteiger partial charge in [0.2, 0.25) is 5.91 Å². The Hall–Kier alpha value is -2.63. The smallest absolute Gasteiger partial charge is 0.224 e. The third-order valence-electron chi connectivity index (χ3n) is 6.21. The van der Waals surface area contributed by atoms with Gasteiger partial charge in [-0.3, -0.25) is 9.69 Å². The van der Waals surface area contributed by atoms with Crippen LogP contribution in [0.25, 0.3) is 10.9 Å². The van der Waals surface area contributed by atoms with E-state index in [9.17, 15) is 4.79 Å². The average molecular weight is 451 g/mol. The van der Waals surface area contributed by atoms with Crippen molar-refractivity contribution in [2.45, 2.75) is 39.7 Å². The van der Waals surface area contributed by atoms with E-state index in [-0.39, 0.29) is 5.91 Å². The van der Waals surface area contributed by atoms with Crippen LogP contribution in [0.3, 0.4) is 0 Å².